The zero-order chi connectivity index (χ0) is 12.0. The van der Waals surface area contributed by atoms with Crippen molar-refractivity contribution in [2.24, 2.45) is 0 Å². The van der Waals surface area contributed by atoms with Crippen molar-refractivity contribution in [3.63, 3.8) is 0 Å². The van der Waals surface area contributed by atoms with Crippen molar-refractivity contribution in [1.29, 1.82) is 0 Å². The number of hydrogen-bond donors (Lipinski definition) is 1. The van der Waals surface area contributed by atoms with Gasteiger partial charge in [-0.25, -0.2) is 0 Å². The van der Waals surface area contributed by atoms with Gasteiger partial charge in [0, 0.05) is 28.8 Å². The van der Waals surface area contributed by atoms with Crippen LogP contribution in [0.25, 0.3) is 0 Å². The summed E-state index contributed by atoms with van der Waals surface area (Å²) in [7, 11) is 0. The molecule has 0 amide bonds. The maximum Gasteiger partial charge on any atom is 0.269 e. The number of thioether (sulfide) groups is 1. The van der Waals surface area contributed by atoms with Gasteiger partial charge in [-0.15, -0.1) is 11.8 Å². The molecular formula is C11H16N2O2S. The van der Waals surface area contributed by atoms with E-state index in [1.54, 1.807) is 36.0 Å². The van der Waals surface area contributed by atoms with E-state index >= 15 is 0 Å². The van der Waals surface area contributed by atoms with E-state index in [0.29, 0.717) is 6.04 Å². The molecule has 0 bridgehead atoms. The minimum Gasteiger partial charge on any atom is -0.314 e. The summed E-state index contributed by atoms with van der Waals surface area (Å²) >= 11 is 1.70. The van der Waals surface area contributed by atoms with Gasteiger partial charge in [-0.2, -0.15) is 0 Å². The Morgan fingerprint density at radius 2 is 2.06 bits per heavy atom. The van der Waals surface area contributed by atoms with Crippen LogP contribution in [0, 0.1) is 10.1 Å². The first-order valence-corrected chi connectivity index (χ1v) is 6.22. The highest BCUT2D eigenvalue weighted by Crippen LogP contribution is 2.21. The van der Waals surface area contributed by atoms with Crippen molar-refractivity contribution in [2.45, 2.75) is 24.8 Å². The van der Waals surface area contributed by atoms with Crippen molar-refractivity contribution in [2.75, 3.05) is 12.3 Å². The van der Waals surface area contributed by atoms with Crippen LogP contribution in [0.5, 0.6) is 0 Å². The fraction of sp³-hybridized carbons (Fsp3) is 0.455. The van der Waals surface area contributed by atoms with Gasteiger partial charge in [-0.3, -0.25) is 10.1 Å². The fourth-order valence-corrected chi connectivity index (χ4v) is 2.18. The Balaban J connectivity index is 2.46. The highest BCUT2D eigenvalue weighted by molar-refractivity contribution is 7.99. The van der Waals surface area contributed by atoms with Crippen LogP contribution in [0.2, 0.25) is 0 Å². The molecular weight excluding hydrogens is 224 g/mol. The number of rotatable bonds is 6. The van der Waals surface area contributed by atoms with Crippen molar-refractivity contribution in [3.05, 3.63) is 34.4 Å². The van der Waals surface area contributed by atoms with Crippen LogP contribution in [0.4, 0.5) is 5.69 Å². The lowest BCUT2D eigenvalue weighted by atomic mass is 10.3. The molecule has 1 N–H and O–H groups in total. The van der Waals surface area contributed by atoms with E-state index in [1.165, 1.54) is 0 Å². The third-order valence-electron chi connectivity index (χ3n) is 2.10. The molecule has 0 radical (unpaired) electrons. The number of nitro groups is 1. The minimum atomic E-state index is -0.379. The third-order valence-corrected chi connectivity index (χ3v) is 3.37. The van der Waals surface area contributed by atoms with Gasteiger partial charge in [0.2, 0.25) is 0 Å². The first-order chi connectivity index (χ1) is 7.63. The Labute approximate surface area is 99.6 Å². The molecule has 0 aliphatic heterocycles. The van der Waals surface area contributed by atoms with E-state index in [0.717, 1.165) is 17.2 Å². The fourth-order valence-electron chi connectivity index (χ4n) is 1.29. The van der Waals surface area contributed by atoms with Gasteiger partial charge < -0.3 is 5.32 Å². The Hall–Kier alpha value is -1.07. The first kappa shape index (κ1) is 13.0. The lowest BCUT2D eigenvalue weighted by Crippen LogP contribution is -2.27. The normalized spacial score (nSPS) is 12.4. The first-order valence-electron chi connectivity index (χ1n) is 5.24. The largest absolute Gasteiger partial charge is 0.314 e. The molecule has 0 saturated carbocycles. The standard InChI is InChI=1S/C11H16N2O2S/c1-3-12-9(2)8-16-11-6-4-10(5-7-11)13(14)15/h4-7,9,12H,3,8H2,1-2H3. The number of nitro benzene ring substituents is 1. The van der Waals surface area contributed by atoms with Crippen LogP contribution in [0.3, 0.4) is 0 Å². The van der Waals surface area contributed by atoms with Crippen molar-refractivity contribution < 1.29 is 4.92 Å². The molecule has 4 nitrogen and oxygen atoms in total. The Bertz CT molecular complexity index is 340. The second kappa shape index (κ2) is 6.50. The summed E-state index contributed by atoms with van der Waals surface area (Å²) in [6.45, 7) is 5.16. The van der Waals surface area contributed by atoms with Gasteiger partial charge >= 0.3 is 0 Å². The number of benzene rings is 1. The second-order valence-electron chi connectivity index (χ2n) is 3.52. The monoisotopic (exact) mass is 240 g/mol. The van der Waals surface area contributed by atoms with Gasteiger partial charge in [0.05, 0.1) is 4.92 Å². The maximum absolute atomic E-state index is 10.5. The van der Waals surface area contributed by atoms with Crippen molar-refractivity contribution in [1.82, 2.24) is 5.32 Å². The maximum atomic E-state index is 10.5. The summed E-state index contributed by atoms with van der Waals surface area (Å²) in [4.78, 5) is 11.1. The van der Waals surface area contributed by atoms with Gasteiger partial charge in [-0.05, 0) is 25.6 Å². The van der Waals surface area contributed by atoms with E-state index in [-0.39, 0.29) is 10.6 Å². The van der Waals surface area contributed by atoms with Gasteiger partial charge in [0.1, 0.15) is 0 Å². The van der Waals surface area contributed by atoms with E-state index < -0.39 is 0 Å². The molecule has 1 unspecified atom stereocenters. The van der Waals surface area contributed by atoms with Gasteiger partial charge in [0.25, 0.3) is 5.69 Å². The van der Waals surface area contributed by atoms with Crippen LogP contribution in [0.15, 0.2) is 29.2 Å². The lowest BCUT2D eigenvalue weighted by Gasteiger charge is -2.11. The molecule has 1 rings (SSSR count). The van der Waals surface area contributed by atoms with Crippen LogP contribution in [-0.2, 0) is 0 Å². The van der Waals surface area contributed by atoms with E-state index in [2.05, 4.69) is 19.2 Å². The summed E-state index contributed by atoms with van der Waals surface area (Å²) in [6.07, 6.45) is 0. The van der Waals surface area contributed by atoms with Crippen LogP contribution >= 0.6 is 11.8 Å². The Morgan fingerprint density at radius 1 is 1.44 bits per heavy atom. The minimum absolute atomic E-state index is 0.143. The van der Waals surface area contributed by atoms with E-state index in [9.17, 15) is 10.1 Å². The smallest absolute Gasteiger partial charge is 0.269 e. The summed E-state index contributed by atoms with van der Waals surface area (Å²) in [5.41, 5.74) is 0.143. The highest BCUT2D eigenvalue weighted by Gasteiger charge is 2.05. The molecule has 0 saturated heterocycles. The highest BCUT2D eigenvalue weighted by atomic mass is 32.2. The van der Waals surface area contributed by atoms with Crippen LogP contribution < -0.4 is 5.32 Å². The van der Waals surface area contributed by atoms with Crippen LogP contribution in [-0.4, -0.2) is 23.3 Å². The molecule has 1 aromatic rings. The molecule has 0 aromatic heterocycles. The predicted octanol–water partition coefficient (Wildman–Crippen LogP) is 2.68. The van der Waals surface area contributed by atoms with E-state index in [4.69, 9.17) is 0 Å². The third kappa shape index (κ3) is 4.20. The molecule has 0 heterocycles. The Morgan fingerprint density at radius 3 is 2.56 bits per heavy atom. The van der Waals surface area contributed by atoms with E-state index in [1.807, 2.05) is 0 Å². The number of hydrogen-bond acceptors (Lipinski definition) is 4. The molecule has 5 heteroatoms. The summed E-state index contributed by atoms with van der Waals surface area (Å²) in [5.74, 6) is 0.964. The average molecular weight is 240 g/mol. The van der Waals surface area contributed by atoms with Crippen molar-refractivity contribution >= 4 is 17.4 Å². The lowest BCUT2D eigenvalue weighted by molar-refractivity contribution is -0.384. The average Bonchev–Trinajstić information content (AvgIpc) is 2.27. The SMILES string of the molecule is CCNC(C)CSc1ccc([N+](=O)[O-])cc1. The summed E-state index contributed by atoms with van der Waals surface area (Å²) in [6, 6.07) is 7.12. The molecule has 0 spiro atoms. The molecule has 0 fully saturated rings. The molecule has 0 aliphatic carbocycles. The predicted molar refractivity (Wildman–Crippen MR) is 67.0 cm³/mol. The van der Waals surface area contributed by atoms with Crippen LogP contribution in [0.1, 0.15) is 13.8 Å². The quantitative estimate of drug-likeness (QED) is 0.472. The number of nitrogens with zero attached hydrogens (tertiary/aromatic N) is 1. The molecule has 1 aromatic carbocycles. The van der Waals surface area contributed by atoms with Crippen molar-refractivity contribution in [3.8, 4) is 0 Å². The second-order valence-corrected chi connectivity index (χ2v) is 4.61. The molecule has 16 heavy (non-hydrogen) atoms. The summed E-state index contributed by atoms with van der Waals surface area (Å²) in [5, 5.41) is 13.8. The van der Waals surface area contributed by atoms with Gasteiger partial charge in [-0.1, -0.05) is 6.92 Å². The molecule has 88 valence electrons. The molecule has 0 aliphatic rings. The summed E-state index contributed by atoms with van der Waals surface area (Å²) < 4.78 is 0. The topological polar surface area (TPSA) is 55.2 Å². The number of nitrogens with one attached hydrogen (secondary N) is 1. The number of non-ortho nitro benzene ring substituents is 1. The zero-order valence-corrected chi connectivity index (χ0v) is 10.3. The Kier molecular flexibility index (Phi) is 5.28. The zero-order valence-electron chi connectivity index (χ0n) is 9.47. The molecule has 1 atom stereocenters. The van der Waals surface area contributed by atoms with Gasteiger partial charge in [0.15, 0.2) is 0 Å².